The molecule has 21 heavy (non-hydrogen) atoms. The quantitative estimate of drug-likeness (QED) is 0.845. The average Bonchev–Trinajstić information content (AvgIpc) is 3.22. The number of benzene rings is 1. The van der Waals surface area contributed by atoms with Crippen molar-refractivity contribution in [3.63, 3.8) is 0 Å². The maximum Gasteiger partial charge on any atom is 0.387 e. The molecule has 1 aliphatic carbocycles. The van der Waals surface area contributed by atoms with Gasteiger partial charge < -0.3 is 15.4 Å². The Balaban J connectivity index is 1.84. The van der Waals surface area contributed by atoms with Gasteiger partial charge in [-0.15, -0.1) is 0 Å². The Morgan fingerprint density at radius 2 is 1.81 bits per heavy atom. The molecule has 1 saturated carbocycles. The van der Waals surface area contributed by atoms with Gasteiger partial charge in [-0.2, -0.15) is 8.78 Å². The van der Waals surface area contributed by atoms with Gasteiger partial charge in [0.2, 0.25) is 0 Å². The molecule has 1 fully saturated rings. The molecule has 2 atom stereocenters. The van der Waals surface area contributed by atoms with Crippen LogP contribution in [0.1, 0.15) is 38.3 Å². The van der Waals surface area contributed by atoms with E-state index in [-0.39, 0.29) is 23.9 Å². The van der Waals surface area contributed by atoms with Gasteiger partial charge >= 0.3 is 12.6 Å². The van der Waals surface area contributed by atoms with Crippen LogP contribution >= 0.6 is 0 Å². The van der Waals surface area contributed by atoms with Gasteiger partial charge in [-0.1, -0.05) is 12.1 Å². The van der Waals surface area contributed by atoms with Crippen LogP contribution in [0.25, 0.3) is 0 Å². The fraction of sp³-hybridized carbons (Fsp3) is 0.533. The maximum absolute atomic E-state index is 12.1. The lowest BCUT2D eigenvalue weighted by Crippen LogP contribution is -2.42. The van der Waals surface area contributed by atoms with Crippen molar-refractivity contribution >= 4 is 6.03 Å². The highest BCUT2D eigenvalue weighted by molar-refractivity contribution is 5.74. The summed E-state index contributed by atoms with van der Waals surface area (Å²) in [6, 6.07) is 6.00. The van der Waals surface area contributed by atoms with Crippen LogP contribution < -0.4 is 15.4 Å². The Labute approximate surface area is 122 Å². The molecule has 0 heterocycles. The van der Waals surface area contributed by atoms with Gasteiger partial charge in [0.25, 0.3) is 0 Å². The van der Waals surface area contributed by atoms with Crippen molar-refractivity contribution in [2.45, 2.75) is 45.4 Å². The van der Waals surface area contributed by atoms with Gasteiger partial charge in [0.05, 0.1) is 6.04 Å². The molecule has 6 heteroatoms. The average molecular weight is 298 g/mol. The molecule has 4 nitrogen and oxygen atoms in total. The Kier molecular flexibility index (Phi) is 4.98. The minimum atomic E-state index is -2.83. The molecule has 2 N–H and O–H groups in total. The Morgan fingerprint density at radius 1 is 1.19 bits per heavy atom. The van der Waals surface area contributed by atoms with E-state index < -0.39 is 6.61 Å². The van der Waals surface area contributed by atoms with E-state index in [1.54, 1.807) is 12.1 Å². The first kappa shape index (κ1) is 15.5. The lowest BCUT2D eigenvalue weighted by molar-refractivity contribution is -0.0498. The topological polar surface area (TPSA) is 50.4 Å². The molecule has 1 aromatic carbocycles. The first-order valence-electron chi connectivity index (χ1n) is 7.07. The van der Waals surface area contributed by atoms with Crippen molar-refractivity contribution < 1.29 is 18.3 Å². The predicted octanol–water partition coefficient (Wildman–Crippen LogP) is 3.45. The van der Waals surface area contributed by atoms with Crippen molar-refractivity contribution in [1.82, 2.24) is 10.6 Å². The number of carbonyl (C=O) groups is 1. The van der Waals surface area contributed by atoms with Crippen molar-refractivity contribution in [3.05, 3.63) is 29.8 Å². The molecule has 2 amide bonds. The number of halogens is 2. The Morgan fingerprint density at radius 3 is 2.33 bits per heavy atom. The molecule has 1 aliphatic rings. The summed E-state index contributed by atoms with van der Waals surface area (Å²) in [6.07, 6.45) is 2.34. The fourth-order valence-corrected chi connectivity index (χ4v) is 2.18. The summed E-state index contributed by atoms with van der Waals surface area (Å²) in [5.74, 6) is 0.699. The standard InChI is InChI=1S/C15H20F2N2O2/c1-9(11-3-4-11)18-15(20)19-10(2)12-5-7-13(8-6-12)21-14(16)17/h5-11,14H,3-4H2,1-2H3,(H2,18,19,20). The molecule has 0 radical (unpaired) electrons. The molecule has 0 bridgehead atoms. The first-order valence-corrected chi connectivity index (χ1v) is 7.07. The van der Waals surface area contributed by atoms with E-state index in [1.807, 2.05) is 13.8 Å². The van der Waals surface area contributed by atoms with Gasteiger partial charge in [0.15, 0.2) is 0 Å². The Bertz CT molecular complexity index is 475. The number of ether oxygens (including phenoxy) is 1. The fourth-order valence-electron chi connectivity index (χ4n) is 2.18. The molecule has 0 aliphatic heterocycles. The third-order valence-corrected chi connectivity index (χ3v) is 3.64. The van der Waals surface area contributed by atoms with Gasteiger partial charge in [-0.05, 0) is 50.3 Å². The summed E-state index contributed by atoms with van der Waals surface area (Å²) in [5, 5.41) is 5.74. The molecule has 116 valence electrons. The van der Waals surface area contributed by atoms with Gasteiger partial charge in [0, 0.05) is 6.04 Å². The summed E-state index contributed by atoms with van der Waals surface area (Å²) >= 11 is 0. The third kappa shape index (κ3) is 4.88. The minimum Gasteiger partial charge on any atom is -0.435 e. The zero-order valence-corrected chi connectivity index (χ0v) is 12.1. The highest BCUT2D eigenvalue weighted by Gasteiger charge is 2.29. The number of nitrogens with one attached hydrogen (secondary N) is 2. The second-order valence-corrected chi connectivity index (χ2v) is 5.41. The lowest BCUT2D eigenvalue weighted by Gasteiger charge is -2.18. The summed E-state index contributed by atoms with van der Waals surface area (Å²) in [7, 11) is 0. The van der Waals surface area contributed by atoms with Gasteiger partial charge in [-0.25, -0.2) is 4.79 Å². The van der Waals surface area contributed by atoms with E-state index in [4.69, 9.17) is 0 Å². The van der Waals surface area contributed by atoms with E-state index in [0.29, 0.717) is 5.92 Å². The van der Waals surface area contributed by atoms with Crippen molar-refractivity contribution in [3.8, 4) is 5.75 Å². The van der Waals surface area contributed by atoms with Crippen LogP contribution in [0.3, 0.4) is 0 Å². The van der Waals surface area contributed by atoms with E-state index in [0.717, 1.165) is 5.56 Å². The summed E-state index contributed by atoms with van der Waals surface area (Å²) in [5.41, 5.74) is 0.825. The third-order valence-electron chi connectivity index (χ3n) is 3.64. The normalized spacial score (nSPS) is 17.2. The number of carbonyl (C=O) groups excluding carboxylic acids is 1. The van der Waals surface area contributed by atoms with Crippen LogP contribution in [0, 0.1) is 5.92 Å². The highest BCUT2D eigenvalue weighted by atomic mass is 19.3. The van der Waals surface area contributed by atoms with E-state index in [2.05, 4.69) is 15.4 Å². The predicted molar refractivity (Wildman–Crippen MR) is 75.3 cm³/mol. The molecule has 0 saturated heterocycles. The van der Waals surface area contributed by atoms with E-state index in [9.17, 15) is 13.6 Å². The highest BCUT2D eigenvalue weighted by Crippen LogP contribution is 2.32. The minimum absolute atomic E-state index is 0.104. The SMILES string of the molecule is CC(NC(=O)NC(C)C1CC1)c1ccc(OC(F)F)cc1. The van der Waals surface area contributed by atoms with Gasteiger partial charge in [0.1, 0.15) is 5.75 Å². The molecule has 1 aromatic rings. The van der Waals surface area contributed by atoms with Crippen LogP contribution in [-0.4, -0.2) is 18.7 Å². The van der Waals surface area contributed by atoms with Crippen LogP contribution in [0.4, 0.5) is 13.6 Å². The molecular formula is C15H20F2N2O2. The first-order chi connectivity index (χ1) is 9.95. The maximum atomic E-state index is 12.1. The van der Waals surface area contributed by atoms with Crippen molar-refractivity contribution in [2.75, 3.05) is 0 Å². The molecule has 2 rings (SSSR count). The van der Waals surface area contributed by atoms with Crippen LogP contribution in [0.5, 0.6) is 5.75 Å². The number of amides is 2. The van der Waals surface area contributed by atoms with Crippen LogP contribution in [-0.2, 0) is 0 Å². The molecule has 0 spiro atoms. The number of hydrogen-bond acceptors (Lipinski definition) is 2. The van der Waals surface area contributed by atoms with Crippen LogP contribution in [0.15, 0.2) is 24.3 Å². The zero-order valence-electron chi connectivity index (χ0n) is 12.1. The zero-order chi connectivity index (χ0) is 15.4. The van der Waals surface area contributed by atoms with Gasteiger partial charge in [-0.3, -0.25) is 0 Å². The number of rotatable bonds is 6. The monoisotopic (exact) mass is 298 g/mol. The smallest absolute Gasteiger partial charge is 0.387 e. The lowest BCUT2D eigenvalue weighted by atomic mass is 10.1. The number of alkyl halides is 2. The number of urea groups is 1. The summed E-state index contributed by atoms with van der Waals surface area (Å²) in [4.78, 5) is 11.8. The Hall–Kier alpha value is -1.85. The van der Waals surface area contributed by atoms with Crippen molar-refractivity contribution in [2.24, 2.45) is 5.92 Å². The van der Waals surface area contributed by atoms with Crippen LogP contribution in [0.2, 0.25) is 0 Å². The van der Waals surface area contributed by atoms with E-state index in [1.165, 1.54) is 25.0 Å². The largest absolute Gasteiger partial charge is 0.435 e. The molecule has 2 unspecified atom stereocenters. The second kappa shape index (κ2) is 6.74. The molecular weight excluding hydrogens is 278 g/mol. The molecule has 0 aromatic heterocycles. The second-order valence-electron chi connectivity index (χ2n) is 5.41. The number of hydrogen-bond donors (Lipinski definition) is 2. The van der Waals surface area contributed by atoms with Crippen molar-refractivity contribution in [1.29, 1.82) is 0 Å². The summed E-state index contributed by atoms with van der Waals surface area (Å²) < 4.78 is 28.4. The summed E-state index contributed by atoms with van der Waals surface area (Å²) in [6.45, 7) is 1.00. The van der Waals surface area contributed by atoms with E-state index >= 15 is 0 Å².